The van der Waals surface area contributed by atoms with Crippen molar-refractivity contribution in [3.63, 3.8) is 0 Å². The lowest BCUT2D eigenvalue weighted by molar-refractivity contribution is -0.127. The summed E-state index contributed by atoms with van der Waals surface area (Å²) in [5.41, 5.74) is 5.37. The number of nitrogens with two attached hydrogens (primary N) is 1. The summed E-state index contributed by atoms with van der Waals surface area (Å²) in [5.74, 6) is 4.44. The van der Waals surface area contributed by atoms with Gasteiger partial charge in [-0.25, -0.2) is 0 Å². The van der Waals surface area contributed by atoms with E-state index in [1.165, 1.54) is 7.11 Å². The van der Waals surface area contributed by atoms with E-state index < -0.39 is 23.3 Å². The predicted octanol–water partition coefficient (Wildman–Crippen LogP) is 1.72. The fraction of sp³-hybridized carbons (Fsp3) is 0.375. The van der Waals surface area contributed by atoms with E-state index in [0.717, 1.165) is 0 Å². The molecule has 1 unspecified atom stereocenters. The highest BCUT2D eigenvalue weighted by molar-refractivity contribution is 6.32. The Morgan fingerprint density at radius 1 is 1.36 bits per heavy atom. The molecule has 0 saturated heterocycles. The van der Waals surface area contributed by atoms with Crippen molar-refractivity contribution in [2.24, 2.45) is 11.1 Å². The zero-order chi connectivity index (χ0) is 16.9. The van der Waals surface area contributed by atoms with E-state index in [0.29, 0.717) is 16.3 Å². The van der Waals surface area contributed by atoms with Crippen LogP contribution in [0.25, 0.3) is 0 Å². The first-order valence-corrected chi connectivity index (χ1v) is 6.98. The van der Waals surface area contributed by atoms with Gasteiger partial charge in [0.1, 0.15) is 11.8 Å². The van der Waals surface area contributed by atoms with Gasteiger partial charge < -0.3 is 15.8 Å². The first kappa shape index (κ1) is 17.9. The average Bonchev–Trinajstić information content (AvgIpc) is 2.41. The van der Waals surface area contributed by atoms with Gasteiger partial charge in [0.05, 0.1) is 12.1 Å². The Labute approximate surface area is 135 Å². The molecule has 2 amide bonds. The SMILES string of the molecule is COc1ccc(C#CC(=O)NC(C(N)=O)C(C)(C)C)cc1Cl. The quantitative estimate of drug-likeness (QED) is 0.831. The number of primary amides is 1. The van der Waals surface area contributed by atoms with Crippen LogP contribution in [0.1, 0.15) is 26.3 Å². The Hall–Kier alpha value is -2.19. The third-order valence-electron chi connectivity index (χ3n) is 2.90. The van der Waals surface area contributed by atoms with Crippen LogP contribution in [0.4, 0.5) is 0 Å². The van der Waals surface area contributed by atoms with Crippen LogP contribution in [0.15, 0.2) is 18.2 Å². The molecule has 0 bridgehead atoms. The number of nitrogens with one attached hydrogen (secondary N) is 1. The summed E-state index contributed by atoms with van der Waals surface area (Å²) in [6.45, 7) is 5.41. The Balaban J connectivity index is 2.86. The molecule has 0 aliphatic heterocycles. The highest BCUT2D eigenvalue weighted by atomic mass is 35.5. The molecule has 118 valence electrons. The molecule has 5 nitrogen and oxygen atoms in total. The summed E-state index contributed by atoms with van der Waals surface area (Å²) >= 11 is 5.98. The molecule has 1 aromatic carbocycles. The predicted molar refractivity (Wildman–Crippen MR) is 85.5 cm³/mol. The molecule has 1 atom stereocenters. The number of carbonyl (C=O) groups is 2. The third kappa shape index (κ3) is 4.97. The van der Waals surface area contributed by atoms with Crippen LogP contribution >= 0.6 is 11.6 Å². The molecular formula is C16H19ClN2O3. The summed E-state index contributed by atoms with van der Waals surface area (Å²) < 4.78 is 5.03. The third-order valence-corrected chi connectivity index (χ3v) is 3.19. The summed E-state index contributed by atoms with van der Waals surface area (Å²) in [4.78, 5) is 23.2. The lowest BCUT2D eigenvalue weighted by Crippen LogP contribution is -2.51. The van der Waals surface area contributed by atoms with Crippen LogP contribution in [-0.2, 0) is 9.59 Å². The molecule has 0 spiro atoms. The summed E-state index contributed by atoms with van der Waals surface area (Å²) in [6.07, 6.45) is 0. The molecule has 0 heterocycles. The molecule has 0 radical (unpaired) electrons. The van der Waals surface area contributed by atoms with Crippen molar-refractivity contribution in [3.05, 3.63) is 28.8 Å². The first-order chi connectivity index (χ1) is 10.1. The topological polar surface area (TPSA) is 81.4 Å². The second kappa shape index (κ2) is 7.19. The highest BCUT2D eigenvalue weighted by Gasteiger charge is 2.30. The number of hydrogen-bond acceptors (Lipinski definition) is 3. The maximum atomic E-state index is 11.8. The molecule has 1 rings (SSSR count). The number of hydrogen-bond donors (Lipinski definition) is 2. The van der Waals surface area contributed by atoms with Crippen LogP contribution in [0, 0.1) is 17.3 Å². The maximum Gasteiger partial charge on any atom is 0.296 e. The Morgan fingerprint density at radius 3 is 2.45 bits per heavy atom. The minimum absolute atomic E-state index is 0.402. The Kier molecular flexibility index (Phi) is 5.84. The van der Waals surface area contributed by atoms with Gasteiger partial charge in [-0.2, -0.15) is 0 Å². The summed E-state index contributed by atoms with van der Waals surface area (Å²) in [6, 6.07) is 4.14. The largest absolute Gasteiger partial charge is 0.495 e. The monoisotopic (exact) mass is 322 g/mol. The number of methoxy groups -OCH3 is 1. The van der Waals surface area contributed by atoms with Gasteiger partial charge in [0.15, 0.2) is 0 Å². The molecular weight excluding hydrogens is 304 g/mol. The van der Waals surface area contributed by atoms with E-state index in [2.05, 4.69) is 17.2 Å². The molecule has 3 N–H and O–H groups in total. The van der Waals surface area contributed by atoms with Crippen molar-refractivity contribution in [3.8, 4) is 17.6 Å². The fourth-order valence-electron chi connectivity index (χ4n) is 1.75. The van der Waals surface area contributed by atoms with Gasteiger partial charge >= 0.3 is 0 Å². The number of rotatable bonds is 3. The summed E-state index contributed by atoms with van der Waals surface area (Å²) in [5, 5.41) is 2.92. The standard InChI is InChI=1S/C16H19ClN2O3/c1-16(2,3)14(15(18)21)19-13(20)8-6-10-5-7-12(22-4)11(17)9-10/h5,7,9,14H,1-4H3,(H2,18,21)(H,19,20). The van der Waals surface area contributed by atoms with E-state index in [1.807, 2.05) is 0 Å². The molecule has 0 aliphatic carbocycles. The van der Waals surface area contributed by atoms with E-state index in [4.69, 9.17) is 22.1 Å². The normalized spacial score (nSPS) is 11.9. The summed E-state index contributed by atoms with van der Waals surface area (Å²) in [7, 11) is 1.51. The van der Waals surface area contributed by atoms with Crippen LogP contribution in [0.2, 0.25) is 5.02 Å². The van der Waals surface area contributed by atoms with Crippen molar-refractivity contribution in [2.45, 2.75) is 26.8 Å². The van der Waals surface area contributed by atoms with Crippen molar-refractivity contribution in [2.75, 3.05) is 7.11 Å². The van der Waals surface area contributed by atoms with Crippen molar-refractivity contribution >= 4 is 23.4 Å². The van der Waals surface area contributed by atoms with Gasteiger partial charge in [0, 0.05) is 11.5 Å². The van der Waals surface area contributed by atoms with Gasteiger partial charge in [-0.1, -0.05) is 38.3 Å². The number of amides is 2. The van der Waals surface area contributed by atoms with Crippen LogP contribution in [0.5, 0.6) is 5.75 Å². The van der Waals surface area contributed by atoms with Crippen LogP contribution < -0.4 is 15.8 Å². The van der Waals surface area contributed by atoms with Gasteiger partial charge in [-0.3, -0.25) is 9.59 Å². The zero-order valence-corrected chi connectivity index (χ0v) is 13.7. The lowest BCUT2D eigenvalue weighted by atomic mass is 9.86. The van der Waals surface area contributed by atoms with E-state index in [1.54, 1.807) is 39.0 Å². The van der Waals surface area contributed by atoms with Gasteiger partial charge in [-0.15, -0.1) is 0 Å². The minimum atomic E-state index is -0.797. The smallest absolute Gasteiger partial charge is 0.296 e. The lowest BCUT2D eigenvalue weighted by Gasteiger charge is -2.27. The molecule has 22 heavy (non-hydrogen) atoms. The Bertz CT molecular complexity index is 639. The number of ether oxygens (including phenoxy) is 1. The van der Waals surface area contributed by atoms with Crippen LogP contribution in [-0.4, -0.2) is 25.0 Å². The molecule has 0 aliphatic rings. The minimum Gasteiger partial charge on any atom is -0.495 e. The van der Waals surface area contributed by atoms with Crippen molar-refractivity contribution in [1.29, 1.82) is 0 Å². The molecule has 0 fully saturated rings. The van der Waals surface area contributed by atoms with Crippen molar-refractivity contribution in [1.82, 2.24) is 5.32 Å². The van der Waals surface area contributed by atoms with Gasteiger partial charge in [0.2, 0.25) is 5.91 Å². The number of carbonyl (C=O) groups excluding carboxylic acids is 2. The number of benzene rings is 1. The van der Waals surface area contributed by atoms with Crippen LogP contribution in [0.3, 0.4) is 0 Å². The first-order valence-electron chi connectivity index (χ1n) is 6.60. The highest BCUT2D eigenvalue weighted by Crippen LogP contribution is 2.24. The second-order valence-electron chi connectivity index (χ2n) is 5.77. The van der Waals surface area contributed by atoms with E-state index in [9.17, 15) is 9.59 Å². The average molecular weight is 323 g/mol. The van der Waals surface area contributed by atoms with E-state index >= 15 is 0 Å². The maximum absolute atomic E-state index is 11.8. The number of halogens is 1. The zero-order valence-electron chi connectivity index (χ0n) is 13.0. The molecule has 0 aromatic heterocycles. The van der Waals surface area contributed by atoms with Gasteiger partial charge in [0.25, 0.3) is 5.91 Å². The van der Waals surface area contributed by atoms with Crippen molar-refractivity contribution < 1.29 is 14.3 Å². The Morgan fingerprint density at radius 2 is 2.00 bits per heavy atom. The van der Waals surface area contributed by atoms with E-state index in [-0.39, 0.29) is 0 Å². The molecule has 1 aromatic rings. The molecule has 0 saturated carbocycles. The van der Waals surface area contributed by atoms with Gasteiger partial charge in [-0.05, 0) is 23.6 Å². The fourth-order valence-corrected chi connectivity index (χ4v) is 2.01. The second-order valence-corrected chi connectivity index (χ2v) is 6.18. The molecule has 6 heteroatoms.